The van der Waals surface area contributed by atoms with Crippen molar-refractivity contribution in [3.63, 3.8) is 0 Å². The van der Waals surface area contributed by atoms with Crippen LogP contribution in [0.25, 0.3) is 0 Å². The number of benzene rings is 1. The SMILES string of the molecule is C[C@@H]1CN(C(=O)C[C@H]2Sc3ccc(C(F)(F)F)cc3NC2=O)C[C@@H](C)O1. The molecule has 26 heavy (non-hydrogen) atoms. The highest BCUT2D eigenvalue weighted by atomic mass is 32.2. The molecule has 142 valence electrons. The lowest BCUT2D eigenvalue weighted by Gasteiger charge is -2.36. The molecule has 0 aromatic heterocycles. The van der Waals surface area contributed by atoms with Crippen molar-refractivity contribution >= 4 is 29.3 Å². The highest BCUT2D eigenvalue weighted by molar-refractivity contribution is 8.01. The summed E-state index contributed by atoms with van der Waals surface area (Å²) in [5.74, 6) is -0.612. The predicted molar refractivity (Wildman–Crippen MR) is 90.9 cm³/mol. The Morgan fingerprint density at radius 3 is 2.58 bits per heavy atom. The summed E-state index contributed by atoms with van der Waals surface area (Å²) in [7, 11) is 0. The molecule has 1 aromatic rings. The van der Waals surface area contributed by atoms with Crippen LogP contribution < -0.4 is 5.32 Å². The zero-order valence-electron chi connectivity index (χ0n) is 14.3. The molecule has 2 heterocycles. The van der Waals surface area contributed by atoms with Crippen LogP contribution in [0.4, 0.5) is 18.9 Å². The number of anilines is 1. The van der Waals surface area contributed by atoms with Crippen LogP contribution in [0, 0.1) is 0 Å². The minimum atomic E-state index is -4.47. The molecular weight excluding hydrogens is 369 g/mol. The second kappa shape index (κ2) is 7.11. The predicted octanol–water partition coefficient (Wildman–Crippen LogP) is 3.14. The minimum Gasteiger partial charge on any atom is -0.372 e. The van der Waals surface area contributed by atoms with E-state index >= 15 is 0 Å². The Hall–Kier alpha value is -1.74. The first-order chi connectivity index (χ1) is 12.1. The summed E-state index contributed by atoms with van der Waals surface area (Å²) in [6, 6.07) is 3.23. The molecule has 3 rings (SSSR count). The molecule has 0 spiro atoms. The van der Waals surface area contributed by atoms with Crippen LogP contribution in [-0.4, -0.2) is 47.3 Å². The van der Waals surface area contributed by atoms with Gasteiger partial charge >= 0.3 is 6.18 Å². The van der Waals surface area contributed by atoms with Crippen LogP contribution >= 0.6 is 11.8 Å². The van der Waals surface area contributed by atoms with Gasteiger partial charge in [0, 0.05) is 24.4 Å². The number of thioether (sulfide) groups is 1. The van der Waals surface area contributed by atoms with Gasteiger partial charge in [0.2, 0.25) is 11.8 Å². The number of alkyl halides is 3. The first-order valence-corrected chi connectivity index (χ1v) is 9.13. The summed E-state index contributed by atoms with van der Waals surface area (Å²) >= 11 is 1.12. The van der Waals surface area contributed by atoms with Crippen LogP contribution in [0.5, 0.6) is 0 Å². The van der Waals surface area contributed by atoms with Gasteiger partial charge in [-0.25, -0.2) is 0 Å². The molecule has 0 radical (unpaired) electrons. The quantitative estimate of drug-likeness (QED) is 0.846. The van der Waals surface area contributed by atoms with Crippen LogP contribution in [-0.2, 0) is 20.5 Å². The maximum Gasteiger partial charge on any atom is 0.416 e. The average molecular weight is 388 g/mol. The molecule has 1 N–H and O–H groups in total. The van der Waals surface area contributed by atoms with Gasteiger partial charge in [0.25, 0.3) is 0 Å². The first kappa shape index (κ1) is 19.0. The third kappa shape index (κ3) is 4.15. The normalized spacial score (nSPS) is 26.3. The average Bonchev–Trinajstić information content (AvgIpc) is 2.53. The molecule has 1 fully saturated rings. The van der Waals surface area contributed by atoms with Crippen molar-refractivity contribution in [1.29, 1.82) is 0 Å². The van der Waals surface area contributed by atoms with Crippen molar-refractivity contribution < 1.29 is 27.5 Å². The number of fused-ring (bicyclic) bond motifs is 1. The molecule has 9 heteroatoms. The number of hydrogen-bond donors (Lipinski definition) is 1. The van der Waals surface area contributed by atoms with Crippen LogP contribution in [0.3, 0.4) is 0 Å². The Balaban J connectivity index is 1.69. The second-order valence-electron chi connectivity index (χ2n) is 6.56. The Morgan fingerprint density at radius 1 is 1.31 bits per heavy atom. The van der Waals surface area contributed by atoms with Gasteiger partial charge in [-0.1, -0.05) is 0 Å². The molecule has 2 amide bonds. The number of carbonyl (C=O) groups is 2. The Morgan fingerprint density at radius 2 is 1.96 bits per heavy atom. The van der Waals surface area contributed by atoms with Gasteiger partial charge in [0.1, 0.15) is 0 Å². The standard InChI is InChI=1S/C17H19F3N2O3S/c1-9-7-22(8-10(2)25-9)15(23)6-14-16(24)21-12-5-11(17(18,19)20)3-4-13(12)26-14/h3-5,9-10,14H,6-8H2,1-2H3,(H,21,24)/t9-,10-,14-/m1/s1. The van der Waals surface area contributed by atoms with E-state index in [0.717, 1.165) is 23.9 Å². The molecule has 0 saturated carbocycles. The van der Waals surface area contributed by atoms with Crippen molar-refractivity contribution in [2.75, 3.05) is 18.4 Å². The fourth-order valence-electron chi connectivity index (χ4n) is 3.13. The summed E-state index contributed by atoms with van der Waals surface area (Å²) in [6.45, 7) is 4.69. The largest absolute Gasteiger partial charge is 0.416 e. The number of hydrogen-bond acceptors (Lipinski definition) is 4. The number of ether oxygens (including phenoxy) is 1. The van der Waals surface area contributed by atoms with E-state index in [2.05, 4.69) is 5.32 Å². The van der Waals surface area contributed by atoms with E-state index in [4.69, 9.17) is 4.74 Å². The van der Waals surface area contributed by atoms with Crippen LogP contribution in [0.2, 0.25) is 0 Å². The summed E-state index contributed by atoms with van der Waals surface area (Å²) in [5, 5.41) is 1.83. The third-order valence-corrected chi connectivity index (χ3v) is 5.53. The van der Waals surface area contributed by atoms with Gasteiger partial charge in [0.15, 0.2) is 0 Å². The van der Waals surface area contributed by atoms with Gasteiger partial charge < -0.3 is 15.0 Å². The number of rotatable bonds is 2. The molecule has 1 aromatic carbocycles. The van der Waals surface area contributed by atoms with Crippen LogP contribution in [0.1, 0.15) is 25.8 Å². The van der Waals surface area contributed by atoms with Crippen molar-refractivity contribution in [3.05, 3.63) is 23.8 Å². The highest BCUT2D eigenvalue weighted by Gasteiger charge is 2.35. The van der Waals surface area contributed by atoms with Crippen molar-refractivity contribution in [1.82, 2.24) is 4.90 Å². The van der Waals surface area contributed by atoms with E-state index in [-0.39, 0.29) is 30.2 Å². The van der Waals surface area contributed by atoms with Gasteiger partial charge in [0.05, 0.1) is 28.7 Å². The number of carbonyl (C=O) groups excluding carboxylic acids is 2. The smallest absolute Gasteiger partial charge is 0.372 e. The van der Waals surface area contributed by atoms with Crippen LogP contribution in [0.15, 0.2) is 23.1 Å². The van der Waals surface area contributed by atoms with Gasteiger partial charge in [-0.15, -0.1) is 11.8 Å². The molecular formula is C17H19F3N2O3S. The van der Waals surface area contributed by atoms with E-state index in [0.29, 0.717) is 18.0 Å². The molecule has 0 unspecified atom stereocenters. The molecule has 1 saturated heterocycles. The first-order valence-electron chi connectivity index (χ1n) is 8.25. The Labute approximate surface area is 153 Å². The highest BCUT2D eigenvalue weighted by Crippen LogP contribution is 2.40. The van der Waals surface area contributed by atoms with Gasteiger partial charge in [-0.2, -0.15) is 13.2 Å². The van der Waals surface area contributed by atoms with E-state index in [1.807, 2.05) is 13.8 Å². The minimum absolute atomic E-state index is 0.00357. The fourth-order valence-corrected chi connectivity index (χ4v) is 4.21. The molecule has 0 aliphatic carbocycles. The zero-order chi connectivity index (χ0) is 19.1. The lowest BCUT2D eigenvalue weighted by atomic mass is 10.1. The summed E-state index contributed by atoms with van der Waals surface area (Å²) in [4.78, 5) is 27.0. The van der Waals surface area contributed by atoms with E-state index < -0.39 is 22.9 Å². The van der Waals surface area contributed by atoms with E-state index in [1.165, 1.54) is 6.07 Å². The van der Waals surface area contributed by atoms with E-state index in [9.17, 15) is 22.8 Å². The maximum atomic E-state index is 12.8. The lowest BCUT2D eigenvalue weighted by molar-refractivity contribution is -0.143. The fraction of sp³-hybridized carbons (Fsp3) is 0.529. The van der Waals surface area contributed by atoms with Gasteiger partial charge in [-0.05, 0) is 32.0 Å². The molecule has 3 atom stereocenters. The van der Waals surface area contributed by atoms with Crippen molar-refractivity contribution in [2.45, 2.75) is 48.8 Å². The second-order valence-corrected chi connectivity index (χ2v) is 7.81. The van der Waals surface area contributed by atoms with Crippen molar-refractivity contribution in [2.24, 2.45) is 0 Å². The molecule has 5 nitrogen and oxygen atoms in total. The Kier molecular flexibility index (Phi) is 5.21. The zero-order valence-corrected chi connectivity index (χ0v) is 15.1. The number of halogens is 3. The lowest BCUT2D eigenvalue weighted by Crippen LogP contribution is -2.49. The number of amides is 2. The third-order valence-electron chi connectivity index (χ3n) is 4.26. The summed E-state index contributed by atoms with van der Waals surface area (Å²) in [5.41, 5.74) is -0.685. The number of nitrogens with zero attached hydrogens (tertiary/aromatic N) is 1. The molecule has 2 aliphatic heterocycles. The summed E-state index contributed by atoms with van der Waals surface area (Å²) in [6.07, 6.45) is -4.62. The Bertz CT molecular complexity index is 716. The number of morpholine rings is 1. The van der Waals surface area contributed by atoms with Gasteiger partial charge in [-0.3, -0.25) is 9.59 Å². The van der Waals surface area contributed by atoms with E-state index in [1.54, 1.807) is 4.90 Å². The monoisotopic (exact) mass is 388 g/mol. The topological polar surface area (TPSA) is 58.6 Å². The maximum absolute atomic E-state index is 12.8. The van der Waals surface area contributed by atoms with Crippen molar-refractivity contribution in [3.8, 4) is 0 Å². The molecule has 0 bridgehead atoms. The molecule has 2 aliphatic rings. The summed E-state index contributed by atoms with van der Waals surface area (Å²) < 4.78 is 44.0. The number of nitrogens with one attached hydrogen (secondary N) is 1.